The van der Waals surface area contributed by atoms with Crippen molar-refractivity contribution >= 4 is 80.8 Å². The van der Waals surface area contributed by atoms with Gasteiger partial charge in [0.05, 0.1) is 39.2 Å². The molecule has 330 valence electrons. The lowest BCUT2D eigenvalue weighted by Crippen LogP contribution is -2.54. The van der Waals surface area contributed by atoms with Gasteiger partial charge in [0.25, 0.3) is 11.8 Å². The van der Waals surface area contributed by atoms with Gasteiger partial charge in [0.15, 0.2) is 0 Å². The molecule has 5 heterocycles. The van der Waals surface area contributed by atoms with Crippen LogP contribution in [0.5, 0.6) is 5.75 Å². The topological polar surface area (TPSA) is 223 Å². The molecule has 2 fully saturated rings. The number of nitrogens with zero attached hydrogens (tertiary/aromatic N) is 7. The Bertz CT molecular complexity index is 2690. The third-order valence-electron chi connectivity index (χ3n) is 11.0. The van der Waals surface area contributed by atoms with Crippen LogP contribution in [0.1, 0.15) is 77.8 Å². The maximum Gasteiger partial charge on any atom is 0.264 e. The molecule has 3 aromatic carbocycles. The number of piperidine rings is 2. The summed E-state index contributed by atoms with van der Waals surface area (Å²) in [5, 5.41) is 19.9. The largest absolute Gasteiger partial charge is 0.485 e. The molecule has 2 aromatic heterocycles. The van der Waals surface area contributed by atoms with E-state index in [9.17, 15) is 33.2 Å². The summed E-state index contributed by atoms with van der Waals surface area (Å²) in [4.78, 5) is 88.8. The third kappa shape index (κ3) is 10.1. The molecule has 3 aliphatic rings. The van der Waals surface area contributed by atoms with Gasteiger partial charge in [-0.2, -0.15) is 0 Å². The standard InChI is InChI=1S/C44H43ClFN11O7/c45-30-20-26(12-13-31(30)46)49-41-29-21-34(51-38(59)11-7-18-55-16-3-1-4-17-55)36(22-33(29)47-25-48-41)64-24-27-23-56(54-53-27)19-5-2-10-37(58)50-32-9-6-8-28-40(32)44(63)57(43(28)62)35-14-15-39(60)52-42(35)61/h6-9,11-13,20-23,25,35H,1-5,10,14-19,24H2,(H,50,58)(H,51,59)(H,47,48,49)(H,52,60,61)/b11-7+. The van der Waals surface area contributed by atoms with Gasteiger partial charge in [-0.25, -0.2) is 14.4 Å². The molecular weight excluding hydrogens is 849 g/mol. The van der Waals surface area contributed by atoms with Gasteiger partial charge < -0.3 is 20.7 Å². The summed E-state index contributed by atoms with van der Waals surface area (Å²) in [6.07, 6.45) is 11.0. The second kappa shape index (κ2) is 19.5. The highest BCUT2D eigenvalue weighted by Gasteiger charge is 2.45. The van der Waals surface area contributed by atoms with Crippen LogP contribution in [0.2, 0.25) is 5.02 Å². The van der Waals surface area contributed by atoms with E-state index < -0.39 is 35.5 Å². The number of fused-ring (bicyclic) bond motifs is 2. The number of aromatic nitrogens is 5. The normalized spacial score (nSPS) is 16.6. The maximum atomic E-state index is 13.9. The molecule has 3 aliphatic heterocycles. The number of anilines is 4. The number of nitrogens with one attached hydrogen (secondary N) is 4. The number of hydrogen-bond acceptors (Lipinski definition) is 13. The van der Waals surface area contributed by atoms with Crippen LogP contribution in [0.4, 0.5) is 27.3 Å². The van der Waals surface area contributed by atoms with E-state index in [0.717, 1.165) is 30.8 Å². The molecule has 4 N–H and O–H groups in total. The maximum absolute atomic E-state index is 13.9. The lowest BCUT2D eigenvalue weighted by molar-refractivity contribution is -0.136. The minimum atomic E-state index is -1.12. The van der Waals surface area contributed by atoms with Crippen LogP contribution in [0.15, 0.2) is 73.2 Å². The number of halogens is 2. The van der Waals surface area contributed by atoms with E-state index in [0.29, 0.717) is 65.5 Å². The Morgan fingerprint density at radius 1 is 0.969 bits per heavy atom. The second-order valence-corrected chi connectivity index (χ2v) is 15.9. The van der Waals surface area contributed by atoms with Gasteiger partial charge in [0.1, 0.15) is 42.1 Å². The van der Waals surface area contributed by atoms with Crippen molar-refractivity contribution in [2.45, 2.75) is 70.6 Å². The van der Waals surface area contributed by atoms with E-state index in [1.54, 1.807) is 29.1 Å². The Kier molecular flexibility index (Phi) is 13.3. The number of ether oxygens (including phenoxy) is 1. The Morgan fingerprint density at radius 2 is 1.81 bits per heavy atom. The number of benzene rings is 3. The van der Waals surface area contributed by atoms with Gasteiger partial charge in [-0.05, 0) is 81.6 Å². The predicted molar refractivity (Wildman–Crippen MR) is 232 cm³/mol. The molecule has 2 saturated heterocycles. The monoisotopic (exact) mass is 891 g/mol. The van der Waals surface area contributed by atoms with E-state index in [4.69, 9.17) is 16.3 Å². The van der Waals surface area contributed by atoms with Gasteiger partial charge in [-0.15, -0.1) is 5.10 Å². The SMILES string of the molecule is O=C(/C=C/CN1CCCCC1)Nc1cc2c(Nc3ccc(F)c(Cl)c3)ncnc2cc1OCc1cn(CCCCC(=O)Nc2cccc3c2C(=O)N(C2CCC(=O)NC2=O)C3=O)nn1. The van der Waals surface area contributed by atoms with Crippen molar-refractivity contribution in [3.63, 3.8) is 0 Å². The van der Waals surface area contributed by atoms with E-state index >= 15 is 0 Å². The average molecular weight is 892 g/mol. The van der Waals surface area contributed by atoms with E-state index in [-0.39, 0.29) is 59.5 Å². The molecule has 5 aromatic rings. The minimum absolute atomic E-state index is 0.00340. The van der Waals surface area contributed by atoms with Crippen molar-refractivity contribution in [2.24, 2.45) is 0 Å². The smallest absolute Gasteiger partial charge is 0.264 e. The first-order valence-electron chi connectivity index (χ1n) is 20.9. The first kappa shape index (κ1) is 43.5. The zero-order chi connectivity index (χ0) is 44.7. The Labute approximate surface area is 370 Å². The highest BCUT2D eigenvalue weighted by Crippen LogP contribution is 2.35. The summed E-state index contributed by atoms with van der Waals surface area (Å²) in [5.41, 5.74) is 2.08. The quantitative estimate of drug-likeness (QED) is 0.0545. The zero-order valence-electron chi connectivity index (χ0n) is 34.4. The molecule has 6 amide bonds. The minimum Gasteiger partial charge on any atom is -0.485 e. The molecular formula is C44H43ClFN11O7. The van der Waals surface area contributed by atoms with Gasteiger partial charge >= 0.3 is 0 Å². The highest BCUT2D eigenvalue weighted by molar-refractivity contribution is 6.31. The number of unbranched alkanes of at least 4 members (excludes halogenated alkanes) is 1. The van der Waals surface area contributed by atoms with E-state index in [1.165, 1.54) is 49.2 Å². The number of likely N-dealkylation sites (tertiary alicyclic amines) is 1. The summed E-state index contributed by atoms with van der Waals surface area (Å²) >= 11 is 6.02. The molecule has 64 heavy (non-hydrogen) atoms. The second-order valence-electron chi connectivity index (χ2n) is 15.5. The zero-order valence-corrected chi connectivity index (χ0v) is 35.2. The molecule has 20 heteroatoms. The molecule has 0 radical (unpaired) electrons. The van der Waals surface area contributed by atoms with Crippen LogP contribution in [0.25, 0.3) is 10.9 Å². The van der Waals surface area contributed by atoms with Crippen LogP contribution < -0.4 is 26.0 Å². The summed E-state index contributed by atoms with van der Waals surface area (Å²) < 4.78 is 21.7. The van der Waals surface area contributed by atoms with Crippen molar-refractivity contribution in [3.05, 3.63) is 101 Å². The predicted octanol–water partition coefficient (Wildman–Crippen LogP) is 5.53. The van der Waals surface area contributed by atoms with Crippen molar-refractivity contribution in [1.29, 1.82) is 0 Å². The molecule has 0 saturated carbocycles. The van der Waals surface area contributed by atoms with Gasteiger partial charge in [0, 0.05) is 49.1 Å². The number of imide groups is 2. The first-order valence-corrected chi connectivity index (χ1v) is 21.3. The van der Waals surface area contributed by atoms with Crippen LogP contribution in [-0.2, 0) is 32.3 Å². The number of amides is 6. The molecule has 1 atom stereocenters. The number of carbonyl (C=O) groups is 6. The third-order valence-corrected chi connectivity index (χ3v) is 11.3. The fourth-order valence-electron chi connectivity index (χ4n) is 7.79. The van der Waals surface area contributed by atoms with Gasteiger partial charge in [0.2, 0.25) is 23.6 Å². The fraction of sp³-hybridized carbons (Fsp3) is 0.318. The lowest BCUT2D eigenvalue weighted by Gasteiger charge is -2.27. The summed E-state index contributed by atoms with van der Waals surface area (Å²) in [6.45, 7) is 3.08. The molecule has 18 nitrogen and oxygen atoms in total. The van der Waals surface area contributed by atoms with Crippen molar-refractivity contribution in [3.8, 4) is 5.75 Å². The molecule has 0 bridgehead atoms. The summed E-state index contributed by atoms with van der Waals surface area (Å²) in [7, 11) is 0. The lowest BCUT2D eigenvalue weighted by atomic mass is 10.0. The van der Waals surface area contributed by atoms with Gasteiger partial charge in [-0.1, -0.05) is 35.4 Å². The van der Waals surface area contributed by atoms with Crippen molar-refractivity contribution < 1.29 is 37.9 Å². The molecule has 1 unspecified atom stereocenters. The molecule has 0 spiro atoms. The number of hydrogen-bond donors (Lipinski definition) is 4. The van der Waals surface area contributed by atoms with Crippen LogP contribution in [0, 0.1) is 5.82 Å². The highest BCUT2D eigenvalue weighted by atomic mass is 35.5. The Morgan fingerprint density at radius 3 is 2.62 bits per heavy atom. The summed E-state index contributed by atoms with van der Waals surface area (Å²) in [6, 6.07) is 11.0. The number of rotatable bonds is 16. The van der Waals surface area contributed by atoms with E-state index in [2.05, 4.69) is 46.4 Å². The average Bonchev–Trinajstić information content (AvgIpc) is 3.84. The molecule has 0 aliphatic carbocycles. The Balaban J connectivity index is 0.879. The van der Waals surface area contributed by atoms with Crippen LogP contribution in [-0.4, -0.2) is 95.9 Å². The van der Waals surface area contributed by atoms with Crippen molar-refractivity contribution in [1.82, 2.24) is 40.1 Å². The number of carbonyl (C=O) groups excluding carboxylic acids is 6. The first-order chi connectivity index (χ1) is 31.0. The van der Waals surface area contributed by atoms with E-state index in [1.807, 2.05) is 6.08 Å². The van der Waals surface area contributed by atoms with Crippen LogP contribution in [0.3, 0.4) is 0 Å². The van der Waals surface area contributed by atoms with Gasteiger partial charge in [-0.3, -0.25) is 48.6 Å². The Hall–Kier alpha value is -7.12. The number of aryl methyl sites for hydroxylation is 1. The molecule has 8 rings (SSSR count). The summed E-state index contributed by atoms with van der Waals surface area (Å²) in [5.74, 6) is -3.13. The fourth-order valence-corrected chi connectivity index (χ4v) is 7.97. The van der Waals surface area contributed by atoms with Crippen LogP contribution >= 0.6 is 11.6 Å². The van der Waals surface area contributed by atoms with Crippen molar-refractivity contribution in [2.75, 3.05) is 35.6 Å².